The highest BCUT2D eigenvalue weighted by atomic mass is 16.6. The van der Waals surface area contributed by atoms with Crippen LogP contribution in [-0.2, 0) is 28.6 Å². The average Bonchev–Trinajstić information content (AvgIpc) is 3.47. The molecule has 6 nitrogen and oxygen atoms in total. The van der Waals surface area contributed by atoms with Crippen molar-refractivity contribution in [3.63, 3.8) is 0 Å². The molecule has 0 aromatic carbocycles. The maximum atomic E-state index is 12.9. The van der Waals surface area contributed by atoms with E-state index in [1.807, 2.05) is 0 Å². The summed E-state index contributed by atoms with van der Waals surface area (Å²) in [6.45, 7) is 6.39. The average molecular weight is 1120 g/mol. The van der Waals surface area contributed by atoms with Crippen molar-refractivity contribution in [1.82, 2.24) is 0 Å². The summed E-state index contributed by atoms with van der Waals surface area (Å²) in [5.74, 6) is -0.937. The molecule has 0 aliphatic rings. The monoisotopic (exact) mass is 1120 g/mol. The molecule has 81 heavy (non-hydrogen) atoms. The van der Waals surface area contributed by atoms with Crippen molar-refractivity contribution >= 4 is 17.9 Å². The van der Waals surface area contributed by atoms with Crippen LogP contribution < -0.4 is 0 Å². The summed E-state index contributed by atoms with van der Waals surface area (Å²) in [5, 5.41) is 0. The molecule has 1 unspecified atom stereocenters. The van der Waals surface area contributed by atoms with Crippen molar-refractivity contribution in [2.75, 3.05) is 13.2 Å². The molecule has 0 rings (SSSR count). The second kappa shape index (κ2) is 67.8. The maximum Gasteiger partial charge on any atom is 0.306 e. The van der Waals surface area contributed by atoms with Gasteiger partial charge in [-0.05, 0) is 122 Å². The Kier molecular flexibility index (Phi) is 63.9. The summed E-state index contributed by atoms with van der Waals surface area (Å²) in [6, 6.07) is 0. The second-order valence-corrected chi connectivity index (χ2v) is 21.6. The maximum absolute atomic E-state index is 12.9. The fourth-order valence-electron chi connectivity index (χ4n) is 8.92. The predicted octanol–water partition coefficient (Wildman–Crippen LogP) is 23.1. The summed E-state index contributed by atoms with van der Waals surface area (Å²) in [4.78, 5) is 38.4. The first kappa shape index (κ1) is 76.3. The van der Waals surface area contributed by atoms with Crippen LogP contribution in [0.1, 0.15) is 290 Å². The van der Waals surface area contributed by atoms with Crippen molar-refractivity contribution in [2.45, 2.75) is 297 Å². The topological polar surface area (TPSA) is 78.9 Å². The third kappa shape index (κ3) is 66.0. The lowest BCUT2D eigenvalue weighted by Gasteiger charge is -2.18. The fraction of sp³-hybridized carbons (Fsp3) is 0.640. The molecular weight excluding hydrogens is 997 g/mol. The lowest BCUT2D eigenvalue weighted by Crippen LogP contribution is -2.30. The van der Waals surface area contributed by atoms with E-state index in [1.54, 1.807) is 0 Å². The Morgan fingerprint density at radius 2 is 0.481 bits per heavy atom. The molecule has 458 valence electrons. The second-order valence-electron chi connectivity index (χ2n) is 21.6. The zero-order valence-electron chi connectivity index (χ0n) is 52.5. The molecule has 0 aromatic rings. The lowest BCUT2D eigenvalue weighted by atomic mass is 10.0. The highest BCUT2D eigenvalue weighted by molar-refractivity contribution is 5.71. The fourth-order valence-corrected chi connectivity index (χ4v) is 8.92. The Morgan fingerprint density at radius 3 is 0.765 bits per heavy atom. The smallest absolute Gasteiger partial charge is 0.306 e. The number of allylic oxidation sites excluding steroid dienone is 24. The van der Waals surface area contributed by atoms with Gasteiger partial charge in [0, 0.05) is 19.3 Å². The Hall–Kier alpha value is -4.71. The number of carbonyl (C=O) groups is 3. The lowest BCUT2D eigenvalue weighted by molar-refractivity contribution is -0.167. The summed E-state index contributed by atoms with van der Waals surface area (Å²) >= 11 is 0. The number of esters is 3. The van der Waals surface area contributed by atoms with Crippen LogP contribution in [0, 0.1) is 0 Å². The molecule has 0 amide bonds. The van der Waals surface area contributed by atoms with Gasteiger partial charge in [0.2, 0.25) is 0 Å². The number of ether oxygens (including phenoxy) is 3. The van der Waals surface area contributed by atoms with Crippen LogP contribution in [0.3, 0.4) is 0 Å². The molecule has 0 heterocycles. The first-order valence-corrected chi connectivity index (χ1v) is 33.3. The van der Waals surface area contributed by atoms with Crippen LogP contribution in [-0.4, -0.2) is 37.2 Å². The Labute approximate surface area is 499 Å². The van der Waals surface area contributed by atoms with E-state index in [0.717, 1.165) is 148 Å². The minimum absolute atomic E-state index is 0.0973. The molecule has 1 atom stereocenters. The van der Waals surface area contributed by atoms with Gasteiger partial charge in [-0.2, -0.15) is 0 Å². The van der Waals surface area contributed by atoms with Crippen LogP contribution in [0.5, 0.6) is 0 Å². The van der Waals surface area contributed by atoms with Crippen LogP contribution in [0.15, 0.2) is 146 Å². The molecule has 0 N–H and O–H groups in total. The highest BCUT2D eigenvalue weighted by Crippen LogP contribution is 2.16. The van der Waals surface area contributed by atoms with Crippen molar-refractivity contribution in [1.29, 1.82) is 0 Å². The van der Waals surface area contributed by atoms with Gasteiger partial charge in [0.05, 0.1) is 0 Å². The van der Waals surface area contributed by atoms with Gasteiger partial charge in [-0.25, -0.2) is 0 Å². The van der Waals surface area contributed by atoms with Gasteiger partial charge in [0.15, 0.2) is 6.10 Å². The minimum atomic E-state index is -0.806. The highest BCUT2D eigenvalue weighted by Gasteiger charge is 2.19. The molecule has 0 aliphatic carbocycles. The molecule has 0 saturated carbocycles. The zero-order valence-corrected chi connectivity index (χ0v) is 52.5. The van der Waals surface area contributed by atoms with E-state index >= 15 is 0 Å². The van der Waals surface area contributed by atoms with Gasteiger partial charge in [-0.3, -0.25) is 14.4 Å². The molecule has 0 aliphatic heterocycles. The van der Waals surface area contributed by atoms with E-state index in [9.17, 15) is 14.4 Å². The van der Waals surface area contributed by atoms with E-state index in [0.29, 0.717) is 12.8 Å². The van der Waals surface area contributed by atoms with E-state index in [4.69, 9.17) is 14.2 Å². The molecular formula is C75H122O6. The third-order valence-electron chi connectivity index (χ3n) is 13.8. The molecule has 0 saturated heterocycles. The van der Waals surface area contributed by atoms with E-state index in [-0.39, 0.29) is 37.5 Å². The number of hydrogen-bond donors (Lipinski definition) is 0. The Morgan fingerprint density at radius 1 is 0.259 bits per heavy atom. The number of carbonyl (C=O) groups excluding carboxylic acids is 3. The van der Waals surface area contributed by atoms with Crippen molar-refractivity contribution in [3.8, 4) is 0 Å². The molecule has 0 aromatic heterocycles. The SMILES string of the molecule is CC/C=C\C/C=C\C/C=C\C/C=C\C/C=C\C/C=C\C/C=C\CCCCCCCCCC(=O)OCC(COC(=O)CCCCCCCCCCCCCCCCC)OC(=O)CCCCC/C=C\C/C=C\C/C=C\C/C=C\C/C=C\CC. The Balaban J connectivity index is 4.42. The van der Waals surface area contributed by atoms with Gasteiger partial charge in [-0.1, -0.05) is 295 Å². The minimum Gasteiger partial charge on any atom is -0.462 e. The van der Waals surface area contributed by atoms with Gasteiger partial charge in [0.1, 0.15) is 13.2 Å². The van der Waals surface area contributed by atoms with E-state index in [2.05, 4.69) is 167 Å². The first-order chi connectivity index (χ1) is 40.0. The van der Waals surface area contributed by atoms with Crippen molar-refractivity contribution in [3.05, 3.63) is 146 Å². The summed E-state index contributed by atoms with van der Waals surface area (Å²) in [5.41, 5.74) is 0. The third-order valence-corrected chi connectivity index (χ3v) is 13.8. The van der Waals surface area contributed by atoms with Crippen molar-refractivity contribution < 1.29 is 28.6 Å². The summed E-state index contributed by atoms with van der Waals surface area (Å²) in [6.07, 6.45) is 97.1. The quantitative estimate of drug-likeness (QED) is 0.0261. The van der Waals surface area contributed by atoms with Gasteiger partial charge >= 0.3 is 17.9 Å². The van der Waals surface area contributed by atoms with E-state index < -0.39 is 6.10 Å². The molecule has 6 heteroatoms. The standard InChI is InChI=1S/C75H122O6/c1-4-7-10-13-16-19-22-25-28-30-32-33-34-35-36-37-38-39-40-41-43-44-47-50-53-56-59-62-65-68-74(77)80-71-72(70-79-73(76)67-64-61-58-55-52-49-46-27-24-21-18-15-12-9-6-3)81-75(78)69-66-63-60-57-54-51-48-45-42-31-29-26-23-20-17-14-11-8-5-2/h7-8,10-11,16-17,19-20,25-26,28-29,32-33,35-36,38-39,41-43,45,51,54,72H,4-6,9,12-15,18,21-24,27,30-31,34,37,40,44,46-50,52-53,55-71H2,1-3H3/b10-7-,11-8-,19-16-,20-17-,28-25-,29-26-,33-32-,36-35-,39-38-,43-41-,45-42-,54-51-. The van der Waals surface area contributed by atoms with Crippen LogP contribution >= 0.6 is 0 Å². The van der Waals surface area contributed by atoms with Gasteiger partial charge in [-0.15, -0.1) is 0 Å². The zero-order chi connectivity index (χ0) is 58.5. The first-order valence-electron chi connectivity index (χ1n) is 33.3. The summed E-state index contributed by atoms with van der Waals surface area (Å²) < 4.78 is 16.9. The van der Waals surface area contributed by atoms with Crippen molar-refractivity contribution in [2.24, 2.45) is 0 Å². The normalized spacial score (nSPS) is 13.1. The summed E-state index contributed by atoms with van der Waals surface area (Å²) in [7, 11) is 0. The molecule has 0 spiro atoms. The predicted molar refractivity (Wildman–Crippen MR) is 352 cm³/mol. The van der Waals surface area contributed by atoms with Gasteiger partial charge < -0.3 is 14.2 Å². The number of unbranched alkanes of at least 4 members (excludes halogenated alkanes) is 24. The number of hydrogen-bond acceptors (Lipinski definition) is 6. The largest absolute Gasteiger partial charge is 0.462 e. The van der Waals surface area contributed by atoms with Crippen LogP contribution in [0.25, 0.3) is 0 Å². The van der Waals surface area contributed by atoms with Crippen LogP contribution in [0.4, 0.5) is 0 Å². The molecule has 0 bridgehead atoms. The molecule has 0 radical (unpaired) electrons. The van der Waals surface area contributed by atoms with E-state index in [1.165, 1.54) is 103 Å². The molecule has 0 fully saturated rings. The Bertz CT molecular complexity index is 1760. The van der Waals surface area contributed by atoms with Crippen LogP contribution in [0.2, 0.25) is 0 Å². The number of rotatable bonds is 59. The van der Waals surface area contributed by atoms with Gasteiger partial charge in [0.25, 0.3) is 0 Å².